The van der Waals surface area contributed by atoms with E-state index in [0.717, 1.165) is 5.56 Å². The van der Waals surface area contributed by atoms with Crippen LogP contribution in [-0.2, 0) is 16.1 Å². The Morgan fingerprint density at radius 3 is 2.39 bits per heavy atom. The highest BCUT2D eigenvalue weighted by Gasteiger charge is 2.35. The van der Waals surface area contributed by atoms with E-state index in [-0.39, 0.29) is 51.8 Å². The Bertz CT molecular complexity index is 2010. The van der Waals surface area contributed by atoms with Crippen LogP contribution in [0.5, 0.6) is 11.5 Å². The molecule has 2 heterocycles. The van der Waals surface area contributed by atoms with Crippen molar-refractivity contribution >= 4 is 52.6 Å². The number of aromatic nitrogens is 1. The molecule has 1 N–H and O–H groups in total. The van der Waals surface area contributed by atoms with Crippen LogP contribution in [0.3, 0.4) is 0 Å². The second kappa shape index (κ2) is 13.9. The molecule has 12 heteroatoms. The minimum atomic E-state index is -1.02. The van der Waals surface area contributed by atoms with Gasteiger partial charge >= 0.3 is 11.9 Å². The lowest BCUT2D eigenvalue weighted by atomic mass is 9.95. The number of carboxylic acid groups (broad SMARTS) is 1. The summed E-state index contributed by atoms with van der Waals surface area (Å²) in [5.41, 5.74) is 2.42. The summed E-state index contributed by atoms with van der Waals surface area (Å²) in [5, 5.41) is 9.56. The number of aromatic carboxylic acids is 1. The summed E-state index contributed by atoms with van der Waals surface area (Å²) in [6, 6.07) is 16.0. The van der Waals surface area contributed by atoms with Crippen LogP contribution in [0.2, 0.25) is 10.0 Å². The molecule has 3 aromatic carbocycles. The predicted octanol–water partition coefficient (Wildman–Crippen LogP) is 6.17. The average Bonchev–Trinajstić information content (AvgIpc) is 3.30. The Morgan fingerprint density at radius 1 is 1.09 bits per heavy atom. The third-order valence-corrected chi connectivity index (χ3v) is 8.54. The van der Waals surface area contributed by atoms with Crippen LogP contribution in [0.25, 0.3) is 6.08 Å². The Morgan fingerprint density at radius 2 is 1.76 bits per heavy atom. The monoisotopic (exact) mass is 680 g/mol. The highest BCUT2D eigenvalue weighted by atomic mass is 35.5. The Balaban J connectivity index is 1.54. The van der Waals surface area contributed by atoms with E-state index in [1.54, 1.807) is 44.2 Å². The number of ether oxygens (including phenoxy) is 3. The van der Waals surface area contributed by atoms with Gasteiger partial charge in [-0.2, -0.15) is 0 Å². The lowest BCUT2D eigenvalue weighted by Gasteiger charge is -2.26. The number of thiazole rings is 1. The smallest absolute Gasteiger partial charge is 0.338 e. The molecule has 0 saturated carbocycles. The molecule has 1 aliphatic rings. The number of benzene rings is 3. The maximum atomic E-state index is 14.1. The maximum absolute atomic E-state index is 14.1. The standard InChI is InChI=1S/C34H30Cl2N2O7S/c1-5-43-33(42)28-19(4)37-34-38(29(28)23-8-6-7-9-26(23)45-18(2)3)31(39)27(46-34)16-21-14-24(35)30(25(36)15-21)44-17-20-10-12-22(13-11-20)32(40)41/h6-16,18,29H,5,17H2,1-4H3,(H,40,41)/b27-16+/t29-/m1/s1. The number of hydrogen-bond donors (Lipinski definition) is 1. The summed E-state index contributed by atoms with van der Waals surface area (Å²) in [4.78, 5) is 43.5. The SMILES string of the molecule is CCOC(=O)C1=C(C)N=c2s/c(=C/c3cc(Cl)c(OCc4ccc(C(=O)O)cc4)c(Cl)c3)c(=O)n2[C@@H]1c1ccccc1OC(C)C. The maximum Gasteiger partial charge on any atom is 0.338 e. The first-order valence-corrected chi connectivity index (χ1v) is 15.9. The van der Waals surface area contributed by atoms with Crippen molar-refractivity contribution < 1.29 is 28.9 Å². The van der Waals surface area contributed by atoms with Crippen LogP contribution in [-0.4, -0.2) is 34.3 Å². The number of hydrogen-bond acceptors (Lipinski definition) is 8. The molecule has 0 saturated heterocycles. The molecule has 0 spiro atoms. The van der Waals surface area contributed by atoms with Crippen LogP contribution in [0, 0.1) is 0 Å². The fourth-order valence-corrected chi connectivity index (χ4v) is 6.66. The number of carboxylic acids is 1. The molecule has 0 bridgehead atoms. The molecule has 1 aliphatic heterocycles. The molecule has 0 unspecified atom stereocenters. The van der Waals surface area contributed by atoms with Crippen molar-refractivity contribution in [1.82, 2.24) is 4.57 Å². The fourth-order valence-electron chi connectivity index (χ4n) is 5.00. The second-order valence-electron chi connectivity index (χ2n) is 10.6. The van der Waals surface area contributed by atoms with Gasteiger partial charge in [0.05, 0.1) is 44.1 Å². The molecule has 0 fully saturated rings. The molecular formula is C34H30Cl2N2O7S. The zero-order valence-electron chi connectivity index (χ0n) is 25.4. The van der Waals surface area contributed by atoms with Gasteiger partial charge in [-0.25, -0.2) is 14.6 Å². The van der Waals surface area contributed by atoms with Crippen molar-refractivity contribution in [3.8, 4) is 11.5 Å². The lowest BCUT2D eigenvalue weighted by molar-refractivity contribution is -0.139. The largest absolute Gasteiger partial charge is 0.491 e. The molecule has 1 aromatic heterocycles. The number of carbonyl (C=O) groups is 2. The molecule has 4 aromatic rings. The van der Waals surface area contributed by atoms with E-state index < -0.39 is 18.0 Å². The van der Waals surface area contributed by atoms with E-state index in [1.165, 1.54) is 28.0 Å². The lowest BCUT2D eigenvalue weighted by Crippen LogP contribution is -2.40. The zero-order valence-corrected chi connectivity index (χ0v) is 27.7. The number of para-hydroxylation sites is 1. The highest BCUT2D eigenvalue weighted by Crippen LogP contribution is 2.37. The van der Waals surface area contributed by atoms with Gasteiger partial charge in [-0.05, 0) is 75.2 Å². The van der Waals surface area contributed by atoms with Crippen molar-refractivity contribution in [1.29, 1.82) is 0 Å². The molecule has 5 rings (SSSR count). The molecule has 0 radical (unpaired) electrons. The number of esters is 1. The first-order valence-electron chi connectivity index (χ1n) is 14.4. The number of rotatable bonds is 10. The van der Waals surface area contributed by atoms with Crippen LogP contribution in [0.4, 0.5) is 0 Å². The minimum absolute atomic E-state index is 0.113. The van der Waals surface area contributed by atoms with Crippen LogP contribution in [0.1, 0.15) is 60.8 Å². The molecular weight excluding hydrogens is 651 g/mol. The normalized spacial score (nSPS) is 14.6. The third-order valence-electron chi connectivity index (χ3n) is 7.00. The number of fused-ring (bicyclic) bond motifs is 1. The van der Waals surface area contributed by atoms with Gasteiger partial charge in [0.25, 0.3) is 5.56 Å². The van der Waals surface area contributed by atoms with Gasteiger partial charge in [0.1, 0.15) is 18.4 Å². The molecule has 9 nitrogen and oxygen atoms in total. The van der Waals surface area contributed by atoms with Gasteiger partial charge < -0.3 is 19.3 Å². The first-order chi connectivity index (χ1) is 22.0. The minimum Gasteiger partial charge on any atom is -0.491 e. The topological polar surface area (TPSA) is 116 Å². The first kappa shape index (κ1) is 33.0. The predicted molar refractivity (Wildman–Crippen MR) is 177 cm³/mol. The number of nitrogens with zero attached hydrogens (tertiary/aromatic N) is 2. The van der Waals surface area contributed by atoms with Crippen LogP contribution < -0.4 is 24.4 Å². The van der Waals surface area contributed by atoms with Crippen LogP contribution in [0.15, 0.2) is 81.7 Å². The highest BCUT2D eigenvalue weighted by molar-refractivity contribution is 7.07. The van der Waals surface area contributed by atoms with Gasteiger partial charge in [-0.3, -0.25) is 9.36 Å². The van der Waals surface area contributed by atoms with Gasteiger partial charge in [0.2, 0.25) is 0 Å². The van der Waals surface area contributed by atoms with E-state index in [4.69, 9.17) is 42.5 Å². The van der Waals surface area contributed by atoms with Crippen molar-refractivity contribution in [2.24, 2.45) is 4.99 Å². The quantitative estimate of drug-likeness (QED) is 0.199. The molecule has 0 aliphatic carbocycles. The number of carbonyl (C=O) groups excluding carboxylic acids is 1. The van der Waals surface area contributed by atoms with Crippen molar-refractivity contribution in [3.63, 3.8) is 0 Å². The Labute approximate surface area is 278 Å². The summed E-state index contributed by atoms with van der Waals surface area (Å²) in [6.07, 6.45) is 1.51. The molecule has 0 amide bonds. The molecule has 1 atom stereocenters. The van der Waals surface area contributed by atoms with Gasteiger partial charge in [-0.1, -0.05) is 64.9 Å². The summed E-state index contributed by atoms with van der Waals surface area (Å²) >= 11 is 14.3. The van der Waals surface area contributed by atoms with E-state index in [9.17, 15) is 14.4 Å². The third kappa shape index (κ3) is 6.89. The average molecular weight is 682 g/mol. The zero-order chi connectivity index (χ0) is 33.1. The summed E-state index contributed by atoms with van der Waals surface area (Å²) in [6.45, 7) is 7.53. The van der Waals surface area contributed by atoms with E-state index >= 15 is 0 Å². The van der Waals surface area contributed by atoms with Gasteiger partial charge in [-0.15, -0.1) is 0 Å². The molecule has 238 valence electrons. The second-order valence-corrected chi connectivity index (χ2v) is 12.4. The van der Waals surface area contributed by atoms with E-state index in [2.05, 4.69) is 4.99 Å². The Kier molecular flexibility index (Phi) is 10.0. The summed E-state index contributed by atoms with van der Waals surface area (Å²) < 4.78 is 19.2. The summed E-state index contributed by atoms with van der Waals surface area (Å²) in [5.74, 6) is -0.785. The summed E-state index contributed by atoms with van der Waals surface area (Å²) in [7, 11) is 0. The van der Waals surface area contributed by atoms with Crippen LogP contribution >= 0.6 is 34.5 Å². The van der Waals surface area contributed by atoms with Gasteiger partial charge in [0.15, 0.2) is 10.6 Å². The number of allylic oxidation sites excluding steroid dienone is 1. The van der Waals surface area contributed by atoms with E-state index in [0.29, 0.717) is 31.9 Å². The number of halogens is 2. The van der Waals surface area contributed by atoms with E-state index in [1.807, 2.05) is 38.1 Å². The van der Waals surface area contributed by atoms with Gasteiger partial charge in [0, 0.05) is 5.56 Å². The fraction of sp³-hybridized carbons (Fsp3) is 0.235. The molecule has 46 heavy (non-hydrogen) atoms. The van der Waals surface area contributed by atoms with Crippen molar-refractivity contribution in [2.75, 3.05) is 6.61 Å². The Hall–Kier alpha value is -4.38. The van der Waals surface area contributed by atoms with Crippen molar-refractivity contribution in [2.45, 2.75) is 46.4 Å². The van der Waals surface area contributed by atoms with Crippen molar-refractivity contribution in [3.05, 3.63) is 124 Å².